The summed E-state index contributed by atoms with van der Waals surface area (Å²) in [6.45, 7) is 6.15. The Morgan fingerprint density at radius 2 is 2.44 bits per heavy atom. The normalized spacial score (nSPS) is 19.4. The van der Waals surface area contributed by atoms with Crippen molar-refractivity contribution in [2.24, 2.45) is 0 Å². The highest BCUT2D eigenvalue weighted by molar-refractivity contribution is 7.15. The number of hydrogen-bond donors (Lipinski definition) is 2. The van der Waals surface area contributed by atoms with E-state index in [1.54, 1.807) is 0 Å². The van der Waals surface area contributed by atoms with E-state index in [2.05, 4.69) is 29.5 Å². The fourth-order valence-electron chi connectivity index (χ4n) is 1.53. The smallest absolute Gasteiger partial charge is 0.256 e. The number of carbonyl (C=O) groups is 1. The lowest BCUT2D eigenvalue weighted by atomic mass is 10.2. The van der Waals surface area contributed by atoms with Crippen molar-refractivity contribution < 1.29 is 9.53 Å². The van der Waals surface area contributed by atoms with Gasteiger partial charge in [0.25, 0.3) is 5.91 Å². The zero-order valence-electron chi connectivity index (χ0n) is 10.4. The molecule has 5 nitrogen and oxygen atoms in total. The molecule has 2 rings (SSSR count). The van der Waals surface area contributed by atoms with Crippen LogP contribution in [0.4, 0.5) is 5.13 Å². The van der Waals surface area contributed by atoms with Crippen LogP contribution in [0, 0.1) is 0 Å². The summed E-state index contributed by atoms with van der Waals surface area (Å²) in [6, 6.07) is 0. The molecule has 0 saturated carbocycles. The Labute approximate surface area is 117 Å². The first-order valence-corrected chi connectivity index (χ1v) is 6.57. The Hall–Kier alpha value is -0.690. The summed E-state index contributed by atoms with van der Waals surface area (Å²) in [6.07, 6.45) is 1.40. The number of morpholine rings is 1. The first-order valence-electron chi connectivity index (χ1n) is 5.75. The van der Waals surface area contributed by atoms with Gasteiger partial charge in [-0.25, -0.2) is 4.98 Å². The zero-order chi connectivity index (χ0) is 12.3. The van der Waals surface area contributed by atoms with Crippen molar-refractivity contribution in [1.82, 2.24) is 10.3 Å². The third kappa shape index (κ3) is 3.91. The quantitative estimate of drug-likeness (QED) is 0.888. The topological polar surface area (TPSA) is 63.2 Å². The van der Waals surface area contributed by atoms with Crippen LogP contribution in [-0.4, -0.2) is 36.7 Å². The molecule has 0 aromatic carbocycles. The molecular weight excluding hydrogens is 274 g/mol. The Morgan fingerprint density at radius 1 is 1.67 bits per heavy atom. The van der Waals surface area contributed by atoms with E-state index in [0.29, 0.717) is 24.2 Å². The van der Waals surface area contributed by atoms with E-state index in [0.717, 1.165) is 6.54 Å². The molecule has 0 radical (unpaired) electrons. The summed E-state index contributed by atoms with van der Waals surface area (Å²) in [7, 11) is 0. The lowest BCUT2D eigenvalue weighted by Gasteiger charge is -2.22. The van der Waals surface area contributed by atoms with Crippen LogP contribution in [0.15, 0.2) is 6.20 Å². The van der Waals surface area contributed by atoms with Crippen molar-refractivity contribution >= 4 is 34.8 Å². The van der Waals surface area contributed by atoms with E-state index >= 15 is 0 Å². The maximum absolute atomic E-state index is 11.8. The van der Waals surface area contributed by atoms with Crippen molar-refractivity contribution in [2.45, 2.75) is 25.9 Å². The fourth-order valence-corrected chi connectivity index (χ4v) is 2.35. The van der Waals surface area contributed by atoms with Crippen LogP contribution in [0.5, 0.6) is 0 Å². The molecule has 7 heteroatoms. The van der Waals surface area contributed by atoms with Crippen LogP contribution in [0.3, 0.4) is 0 Å². The molecule has 1 aliphatic rings. The third-order valence-corrected chi connectivity index (χ3v) is 3.76. The van der Waals surface area contributed by atoms with Gasteiger partial charge in [-0.3, -0.25) is 10.1 Å². The van der Waals surface area contributed by atoms with Crippen LogP contribution in [0.2, 0.25) is 0 Å². The van der Waals surface area contributed by atoms with E-state index in [4.69, 9.17) is 4.74 Å². The zero-order valence-corrected chi connectivity index (χ0v) is 12.1. The van der Waals surface area contributed by atoms with Crippen molar-refractivity contribution in [2.75, 3.05) is 25.0 Å². The average Bonchev–Trinajstić information content (AvgIpc) is 2.79. The summed E-state index contributed by atoms with van der Waals surface area (Å²) in [5.74, 6) is 0.313. The second kappa shape index (κ2) is 7.04. The van der Waals surface area contributed by atoms with E-state index in [9.17, 15) is 4.79 Å². The van der Waals surface area contributed by atoms with Crippen molar-refractivity contribution in [3.05, 3.63) is 11.1 Å². The van der Waals surface area contributed by atoms with E-state index < -0.39 is 6.10 Å². The predicted octanol–water partition coefficient (Wildman–Crippen LogP) is 1.62. The van der Waals surface area contributed by atoms with Gasteiger partial charge in [0.1, 0.15) is 6.10 Å². The maximum Gasteiger partial charge on any atom is 0.256 e. The highest BCUT2D eigenvalue weighted by Gasteiger charge is 2.22. The summed E-state index contributed by atoms with van der Waals surface area (Å²) < 4.78 is 5.37. The molecule has 0 aliphatic carbocycles. The van der Waals surface area contributed by atoms with E-state index in [-0.39, 0.29) is 18.3 Å². The van der Waals surface area contributed by atoms with Gasteiger partial charge in [-0.15, -0.1) is 23.7 Å². The molecule has 1 aromatic rings. The number of nitrogens with zero attached hydrogens (tertiary/aromatic N) is 1. The molecule has 0 bridgehead atoms. The SMILES string of the molecule is CC(C)c1cnc(NC(=O)C2CNCCO2)s1.Cl. The number of amides is 1. The number of halogens is 1. The van der Waals surface area contributed by atoms with Gasteiger partial charge in [-0.2, -0.15) is 0 Å². The molecular formula is C11H18ClN3O2S. The van der Waals surface area contributed by atoms with Gasteiger partial charge < -0.3 is 10.1 Å². The molecule has 1 saturated heterocycles. The summed E-state index contributed by atoms with van der Waals surface area (Å²) in [5.41, 5.74) is 0. The lowest BCUT2D eigenvalue weighted by molar-refractivity contribution is -0.128. The Bertz CT molecular complexity index is 391. The molecule has 102 valence electrons. The molecule has 1 unspecified atom stereocenters. The van der Waals surface area contributed by atoms with Gasteiger partial charge in [0.2, 0.25) is 0 Å². The monoisotopic (exact) mass is 291 g/mol. The molecule has 1 amide bonds. The van der Waals surface area contributed by atoms with Gasteiger partial charge in [-0.05, 0) is 5.92 Å². The van der Waals surface area contributed by atoms with Gasteiger partial charge in [-0.1, -0.05) is 13.8 Å². The number of nitrogens with one attached hydrogen (secondary N) is 2. The van der Waals surface area contributed by atoms with Crippen LogP contribution < -0.4 is 10.6 Å². The van der Waals surface area contributed by atoms with E-state index in [1.807, 2.05) is 6.20 Å². The third-order valence-electron chi connectivity index (χ3n) is 2.54. The second-order valence-electron chi connectivity index (χ2n) is 4.28. The highest BCUT2D eigenvalue weighted by Crippen LogP contribution is 2.25. The molecule has 1 aliphatic heterocycles. The van der Waals surface area contributed by atoms with Crippen LogP contribution >= 0.6 is 23.7 Å². The maximum atomic E-state index is 11.8. The van der Waals surface area contributed by atoms with Gasteiger partial charge in [0.05, 0.1) is 6.61 Å². The lowest BCUT2D eigenvalue weighted by Crippen LogP contribution is -2.45. The van der Waals surface area contributed by atoms with Crippen molar-refractivity contribution in [1.29, 1.82) is 0 Å². The molecule has 2 N–H and O–H groups in total. The standard InChI is InChI=1S/C11H17N3O2S.ClH/c1-7(2)9-6-13-11(17-9)14-10(15)8-5-12-3-4-16-8;/h6-8,12H,3-5H2,1-2H3,(H,13,14,15);1H. The van der Waals surface area contributed by atoms with Gasteiger partial charge in [0.15, 0.2) is 5.13 Å². The van der Waals surface area contributed by atoms with Gasteiger partial charge >= 0.3 is 0 Å². The number of thiazole rings is 1. The van der Waals surface area contributed by atoms with Gasteiger partial charge in [0, 0.05) is 24.2 Å². The minimum atomic E-state index is -0.407. The first kappa shape index (κ1) is 15.4. The average molecular weight is 292 g/mol. The molecule has 1 fully saturated rings. The minimum Gasteiger partial charge on any atom is -0.366 e. The number of aromatic nitrogens is 1. The van der Waals surface area contributed by atoms with Crippen LogP contribution in [-0.2, 0) is 9.53 Å². The van der Waals surface area contributed by atoms with Crippen molar-refractivity contribution in [3.8, 4) is 0 Å². The summed E-state index contributed by atoms with van der Waals surface area (Å²) in [4.78, 5) is 17.2. The molecule has 0 spiro atoms. The predicted molar refractivity (Wildman–Crippen MR) is 74.7 cm³/mol. The van der Waals surface area contributed by atoms with E-state index in [1.165, 1.54) is 16.2 Å². The number of carbonyl (C=O) groups excluding carboxylic acids is 1. The van der Waals surface area contributed by atoms with Crippen molar-refractivity contribution in [3.63, 3.8) is 0 Å². The number of rotatable bonds is 3. The van der Waals surface area contributed by atoms with Crippen LogP contribution in [0.25, 0.3) is 0 Å². The first-order chi connectivity index (χ1) is 8.16. The largest absolute Gasteiger partial charge is 0.366 e. The molecule has 1 aromatic heterocycles. The van der Waals surface area contributed by atoms with Crippen LogP contribution in [0.1, 0.15) is 24.6 Å². The molecule has 2 heterocycles. The molecule has 18 heavy (non-hydrogen) atoms. The number of ether oxygens (including phenoxy) is 1. The fraction of sp³-hybridized carbons (Fsp3) is 0.636. The Balaban J connectivity index is 0.00000162. The second-order valence-corrected chi connectivity index (χ2v) is 5.34. The minimum absolute atomic E-state index is 0. The summed E-state index contributed by atoms with van der Waals surface area (Å²) >= 11 is 1.51. The molecule has 1 atom stereocenters. The Morgan fingerprint density at radius 3 is 3.00 bits per heavy atom. The Kier molecular flexibility index (Phi) is 6.01. The number of anilines is 1. The highest BCUT2D eigenvalue weighted by atomic mass is 35.5. The number of hydrogen-bond acceptors (Lipinski definition) is 5. The summed E-state index contributed by atoms with van der Waals surface area (Å²) in [5, 5.41) is 6.56.